The molecule has 0 saturated heterocycles. The zero-order valence-corrected chi connectivity index (χ0v) is 11.6. The first-order valence-electron chi connectivity index (χ1n) is 6.20. The molecule has 19 heavy (non-hydrogen) atoms. The summed E-state index contributed by atoms with van der Waals surface area (Å²) in [6.45, 7) is 3.31. The van der Waals surface area contributed by atoms with Gasteiger partial charge < -0.3 is 9.94 Å². The fraction of sp³-hybridized carbons (Fsp3) is 0.462. The van der Waals surface area contributed by atoms with Crippen molar-refractivity contribution in [2.45, 2.75) is 36.5 Å². The monoisotopic (exact) mass is 283 g/mol. The van der Waals surface area contributed by atoms with E-state index in [-0.39, 0.29) is 5.92 Å². The van der Waals surface area contributed by atoms with Gasteiger partial charge in [-0.15, -0.1) is 10.6 Å². The number of rotatable bonds is 2. The lowest BCUT2D eigenvalue weighted by Crippen LogP contribution is -2.29. The zero-order chi connectivity index (χ0) is 13.8. The van der Waals surface area contributed by atoms with Crippen molar-refractivity contribution in [2.24, 2.45) is 11.1 Å². The number of nitrogens with zero attached hydrogens (tertiary/aromatic N) is 1. The molecule has 0 aromatic heterocycles. The molecule has 1 saturated carbocycles. The molecule has 1 aromatic carbocycles. The van der Waals surface area contributed by atoms with Gasteiger partial charge in [-0.25, -0.2) is 0 Å². The lowest BCUT2D eigenvalue weighted by atomic mass is 10.1. The Kier molecular flexibility index (Phi) is 2.61. The summed E-state index contributed by atoms with van der Waals surface area (Å²) in [5, 5.41) is 12.5. The van der Waals surface area contributed by atoms with Crippen molar-refractivity contribution in [3.05, 3.63) is 23.8 Å². The molecule has 5 nitrogen and oxygen atoms in total. The van der Waals surface area contributed by atoms with E-state index in [2.05, 4.69) is 5.16 Å². The average Bonchev–Trinajstić information content (AvgIpc) is 3.12. The zero-order valence-electron chi connectivity index (χ0n) is 10.8. The van der Waals surface area contributed by atoms with Gasteiger partial charge in [0.05, 0.1) is 5.71 Å². The highest BCUT2D eigenvalue weighted by Gasteiger charge is 2.46. The molecule has 0 radical (unpaired) electrons. The van der Waals surface area contributed by atoms with Gasteiger partial charge >= 0.3 is 0 Å². The number of hydrogen-bond acceptors (Lipinski definition) is 5. The van der Waals surface area contributed by atoms with E-state index < -0.39 is 15.5 Å². The molecule has 1 aromatic rings. The van der Waals surface area contributed by atoms with Crippen LogP contribution < -0.4 is 4.74 Å². The third-order valence-corrected chi connectivity index (χ3v) is 6.05. The summed E-state index contributed by atoms with van der Waals surface area (Å²) >= 11 is 0. The van der Waals surface area contributed by atoms with Crippen LogP contribution in [0.25, 0.3) is 0 Å². The second kappa shape index (κ2) is 3.88. The van der Waals surface area contributed by atoms with Gasteiger partial charge in [0.2, 0.25) is 0 Å². The summed E-state index contributed by atoms with van der Waals surface area (Å²) in [5.41, 5.74) is 1.34. The molecule has 0 unspecified atom stereocenters. The molecule has 0 bridgehead atoms. The van der Waals surface area contributed by atoms with Gasteiger partial charge in [-0.3, -0.25) is 9.11 Å². The van der Waals surface area contributed by atoms with Gasteiger partial charge in [0.15, 0.2) is 4.93 Å². The number of ether oxygens (including phenoxy) is 1. The van der Waals surface area contributed by atoms with E-state index in [9.17, 15) is 9.11 Å². The van der Waals surface area contributed by atoms with Gasteiger partial charge in [0.25, 0.3) is 0 Å². The number of oxime groups is 1. The van der Waals surface area contributed by atoms with Crippen LogP contribution in [0, 0.1) is 5.92 Å². The van der Waals surface area contributed by atoms with E-state index in [0.717, 1.165) is 18.4 Å². The van der Waals surface area contributed by atoms with Crippen LogP contribution in [-0.4, -0.2) is 25.0 Å². The number of benzene rings is 1. The number of fused-ring (bicyclic) bond motifs is 1. The predicted octanol–water partition coefficient (Wildman–Crippen LogP) is 3.51. The second-order valence-corrected chi connectivity index (χ2v) is 7.99. The van der Waals surface area contributed by atoms with Gasteiger partial charge in [-0.1, -0.05) is 5.16 Å². The molecule has 2 aliphatic rings. The Hall–Kier alpha value is -1.24. The summed E-state index contributed by atoms with van der Waals surface area (Å²) in [5.74, 6) is 0.766. The van der Waals surface area contributed by atoms with Gasteiger partial charge in [-0.05, 0) is 44.9 Å². The maximum absolute atomic E-state index is 10.3. The van der Waals surface area contributed by atoms with Crippen molar-refractivity contribution in [2.75, 3.05) is 0 Å². The first kappa shape index (κ1) is 12.8. The molecule has 0 spiro atoms. The Morgan fingerprint density at radius 2 is 2.05 bits per heavy atom. The molecule has 0 amide bonds. The normalized spacial score (nSPS) is 25.6. The maximum atomic E-state index is 10.3. The van der Waals surface area contributed by atoms with E-state index in [1.807, 2.05) is 0 Å². The van der Waals surface area contributed by atoms with Crippen LogP contribution in [0.4, 0.5) is 0 Å². The van der Waals surface area contributed by atoms with Crippen molar-refractivity contribution < 1.29 is 19.0 Å². The quantitative estimate of drug-likeness (QED) is 0.440. The van der Waals surface area contributed by atoms with E-state index in [1.54, 1.807) is 32.0 Å². The Bertz CT molecular complexity index is 564. The highest BCUT2D eigenvalue weighted by molar-refractivity contribution is 8.25. The summed E-state index contributed by atoms with van der Waals surface area (Å²) in [4.78, 5) is -0.624. The fourth-order valence-electron chi connectivity index (χ4n) is 2.29. The summed E-state index contributed by atoms with van der Waals surface area (Å²) in [6, 6.07) is 5.18. The molecule has 1 aliphatic heterocycles. The Morgan fingerprint density at radius 3 is 2.63 bits per heavy atom. The first-order chi connectivity index (χ1) is 8.87. The molecular weight excluding hydrogens is 266 g/mol. The van der Waals surface area contributed by atoms with Crippen molar-refractivity contribution in [3.63, 3.8) is 0 Å². The van der Waals surface area contributed by atoms with Crippen LogP contribution >= 0.6 is 10.6 Å². The smallest absolute Gasteiger partial charge is 0.196 e. The van der Waals surface area contributed by atoms with Gasteiger partial charge in [0.1, 0.15) is 10.6 Å². The first-order valence-corrected chi connectivity index (χ1v) is 7.75. The molecular formula is C13H17NO4S. The minimum absolute atomic E-state index is 0.278. The Morgan fingerprint density at radius 1 is 1.37 bits per heavy atom. The molecule has 3 N–H and O–H groups in total. The summed E-state index contributed by atoms with van der Waals surface area (Å²) < 4.78 is 26.2. The van der Waals surface area contributed by atoms with Crippen molar-refractivity contribution in [3.8, 4) is 5.75 Å². The minimum atomic E-state index is -3.01. The Labute approximate surface area is 113 Å². The van der Waals surface area contributed by atoms with Crippen LogP contribution in [0.3, 0.4) is 0 Å². The van der Waals surface area contributed by atoms with Crippen LogP contribution in [0.2, 0.25) is 0 Å². The van der Waals surface area contributed by atoms with Gasteiger partial charge in [0, 0.05) is 11.5 Å². The minimum Gasteiger partial charge on any atom is -0.467 e. The van der Waals surface area contributed by atoms with E-state index in [0.29, 0.717) is 16.4 Å². The lowest BCUT2D eigenvalue weighted by Gasteiger charge is -2.38. The highest BCUT2D eigenvalue weighted by atomic mass is 32.3. The highest BCUT2D eigenvalue weighted by Crippen LogP contribution is 2.67. The molecule has 1 fully saturated rings. The molecule has 104 valence electrons. The standard InChI is InChI=1S/C13H17NO4S/c1-13(2)18-10-6-5-9(7-11(10)19(13,16)17)12(14-15)8-3-4-8/h5-8,15-17H,3-4H2,1-2H3. The van der Waals surface area contributed by atoms with Crippen molar-refractivity contribution in [1.82, 2.24) is 0 Å². The lowest BCUT2D eigenvalue weighted by molar-refractivity contribution is 0.193. The molecule has 0 atom stereocenters. The van der Waals surface area contributed by atoms with Crippen LogP contribution in [-0.2, 0) is 0 Å². The van der Waals surface area contributed by atoms with Crippen LogP contribution in [0.15, 0.2) is 28.3 Å². The largest absolute Gasteiger partial charge is 0.467 e. The fourth-order valence-corrected chi connectivity index (χ4v) is 3.71. The van der Waals surface area contributed by atoms with E-state index in [4.69, 9.17) is 9.94 Å². The SMILES string of the molecule is CC1(C)Oc2ccc(C(=NO)C3CC3)cc2S1(O)O. The maximum Gasteiger partial charge on any atom is 0.196 e. The molecule has 1 heterocycles. The molecule has 3 rings (SSSR count). The Balaban J connectivity index is 2.07. The average molecular weight is 283 g/mol. The summed E-state index contributed by atoms with van der Waals surface area (Å²) in [6.07, 6.45) is 2.02. The number of hydrogen-bond donors (Lipinski definition) is 3. The van der Waals surface area contributed by atoms with E-state index in [1.165, 1.54) is 0 Å². The van der Waals surface area contributed by atoms with Crippen LogP contribution in [0.1, 0.15) is 32.3 Å². The molecule has 1 aliphatic carbocycles. The van der Waals surface area contributed by atoms with Crippen molar-refractivity contribution >= 4 is 16.3 Å². The van der Waals surface area contributed by atoms with Crippen molar-refractivity contribution in [1.29, 1.82) is 0 Å². The summed E-state index contributed by atoms with van der Waals surface area (Å²) in [7, 11) is -3.01. The third-order valence-electron chi connectivity index (χ3n) is 3.66. The third kappa shape index (κ3) is 1.82. The van der Waals surface area contributed by atoms with Gasteiger partial charge in [-0.2, -0.15) is 0 Å². The topological polar surface area (TPSA) is 82.3 Å². The predicted molar refractivity (Wildman–Crippen MR) is 73.3 cm³/mol. The molecule has 6 heteroatoms. The van der Waals surface area contributed by atoms with Crippen LogP contribution in [0.5, 0.6) is 5.75 Å². The second-order valence-electron chi connectivity index (χ2n) is 5.47. The van der Waals surface area contributed by atoms with E-state index >= 15 is 0 Å².